The molecule has 0 radical (unpaired) electrons. The Kier molecular flexibility index (Phi) is 4.24. The summed E-state index contributed by atoms with van der Waals surface area (Å²) in [5.74, 6) is -0.158. The van der Waals surface area contributed by atoms with Crippen LogP contribution in [0, 0.1) is 0 Å². The molecular formula is C23H21N3O4. The number of benzene rings is 2. The Bertz CT molecular complexity index is 1170. The second kappa shape index (κ2) is 6.95. The summed E-state index contributed by atoms with van der Waals surface area (Å²) >= 11 is 0. The third-order valence-corrected chi connectivity index (χ3v) is 5.81. The Balaban J connectivity index is 1.83. The fourth-order valence-corrected chi connectivity index (χ4v) is 4.38. The Morgan fingerprint density at radius 2 is 1.73 bits per heavy atom. The number of amides is 1. The molecule has 3 heterocycles. The molecule has 1 amide bonds. The molecule has 2 aliphatic heterocycles. The zero-order valence-electron chi connectivity index (χ0n) is 16.4. The first-order valence-corrected chi connectivity index (χ1v) is 9.85. The minimum Gasteiger partial charge on any atom is -0.502 e. The molecule has 2 aromatic carbocycles. The van der Waals surface area contributed by atoms with E-state index in [9.17, 15) is 14.7 Å². The molecular weight excluding hydrogens is 382 g/mol. The molecule has 30 heavy (non-hydrogen) atoms. The minimum absolute atomic E-state index is 0.0267. The van der Waals surface area contributed by atoms with Gasteiger partial charge in [0, 0.05) is 31.3 Å². The normalized spacial score (nSPS) is 20.4. The molecule has 0 aliphatic carbocycles. The molecule has 3 aromatic rings. The first-order chi connectivity index (χ1) is 14.6. The molecule has 0 unspecified atom stereocenters. The van der Waals surface area contributed by atoms with Gasteiger partial charge in [-0.1, -0.05) is 48.5 Å². The van der Waals surface area contributed by atoms with Gasteiger partial charge in [-0.2, -0.15) is 0 Å². The van der Waals surface area contributed by atoms with Crippen molar-refractivity contribution in [3.8, 4) is 11.5 Å². The molecule has 1 aromatic heterocycles. The number of pyridine rings is 1. The Labute approximate surface area is 173 Å². The van der Waals surface area contributed by atoms with Crippen LogP contribution in [0.4, 0.5) is 0 Å². The minimum atomic E-state index is -0.575. The smallest absolute Gasteiger partial charge is 0.277 e. The van der Waals surface area contributed by atoms with Gasteiger partial charge in [-0.25, -0.2) is 0 Å². The lowest BCUT2D eigenvalue weighted by atomic mass is 9.95. The van der Waals surface area contributed by atoms with Gasteiger partial charge in [0.15, 0.2) is 11.4 Å². The van der Waals surface area contributed by atoms with E-state index in [-0.39, 0.29) is 17.9 Å². The van der Waals surface area contributed by atoms with Crippen molar-refractivity contribution in [2.45, 2.75) is 18.6 Å². The molecule has 1 N–H and O–H groups in total. The third kappa shape index (κ3) is 2.66. The maximum atomic E-state index is 13.1. The number of para-hydroxylation sites is 1. The van der Waals surface area contributed by atoms with Gasteiger partial charge in [-0.15, -0.1) is 0 Å². The van der Waals surface area contributed by atoms with Gasteiger partial charge >= 0.3 is 0 Å². The van der Waals surface area contributed by atoms with Crippen LogP contribution in [0.5, 0.6) is 11.5 Å². The van der Waals surface area contributed by atoms with Gasteiger partial charge in [0.1, 0.15) is 18.0 Å². The largest absolute Gasteiger partial charge is 0.502 e. The topological polar surface area (TPSA) is 75.0 Å². The maximum Gasteiger partial charge on any atom is 0.277 e. The molecule has 5 rings (SSSR count). The van der Waals surface area contributed by atoms with E-state index in [1.807, 2.05) is 59.6 Å². The molecule has 0 saturated carbocycles. The Morgan fingerprint density at radius 3 is 2.53 bits per heavy atom. The number of carbonyl (C=O) groups is 1. The number of rotatable bonds is 1. The van der Waals surface area contributed by atoms with Crippen molar-refractivity contribution in [2.24, 2.45) is 0 Å². The molecule has 2 atom stereocenters. The summed E-state index contributed by atoms with van der Waals surface area (Å²) in [4.78, 5) is 26.7. The summed E-state index contributed by atoms with van der Waals surface area (Å²) in [6.07, 6.45) is 1.80. The van der Waals surface area contributed by atoms with Crippen LogP contribution in [0.3, 0.4) is 0 Å². The van der Waals surface area contributed by atoms with E-state index in [1.54, 1.807) is 22.8 Å². The number of nitrogens with zero attached hydrogens (tertiary/aromatic N) is 3. The van der Waals surface area contributed by atoms with Crippen molar-refractivity contribution in [1.29, 1.82) is 0 Å². The first kappa shape index (κ1) is 18.3. The second-order valence-corrected chi connectivity index (χ2v) is 7.49. The number of carbonyl (C=O) groups excluding carboxylic acids is 1. The van der Waals surface area contributed by atoms with Gasteiger partial charge in [0.25, 0.3) is 5.91 Å². The van der Waals surface area contributed by atoms with Crippen molar-refractivity contribution >= 4 is 5.91 Å². The van der Waals surface area contributed by atoms with Gasteiger partial charge < -0.3 is 14.7 Å². The van der Waals surface area contributed by atoms with Crippen molar-refractivity contribution < 1.29 is 14.6 Å². The second-order valence-electron chi connectivity index (χ2n) is 7.49. The first-order valence-electron chi connectivity index (χ1n) is 9.85. The van der Waals surface area contributed by atoms with Crippen LogP contribution in [0.15, 0.2) is 71.7 Å². The standard InChI is InChI=1S/C23H21N3O4/c1-24-19-12-14-30-18-10-6-5-9-16(18)20(15-7-3-2-4-8-15)26(19)25-13-11-17(27)22(28)21(25)23(24)29/h2-11,13,19-20,28H,12,14H2,1H3/t19-,20+/m1/s1. The monoisotopic (exact) mass is 403 g/mol. The van der Waals surface area contributed by atoms with Crippen LogP contribution < -0.4 is 15.2 Å². The van der Waals surface area contributed by atoms with Gasteiger partial charge in [-0.05, 0) is 11.6 Å². The molecule has 0 fully saturated rings. The van der Waals surface area contributed by atoms with E-state index >= 15 is 0 Å². The van der Waals surface area contributed by atoms with Crippen molar-refractivity contribution in [3.63, 3.8) is 0 Å². The highest BCUT2D eigenvalue weighted by molar-refractivity contribution is 5.96. The van der Waals surface area contributed by atoms with E-state index in [1.165, 1.54) is 6.07 Å². The maximum absolute atomic E-state index is 13.1. The van der Waals surface area contributed by atoms with E-state index < -0.39 is 17.1 Å². The van der Waals surface area contributed by atoms with Crippen LogP contribution in [-0.4, -0.2) is 40.4 Å². The number of ether oxygens (including phenoxy) is 1. The lowest BCUT2D eigenvalue weighted by Crippen LogP contribution is -2.62. The highest BCUT2D eigenvalue weighted by Crippen LogP contribution is 2.40. The van der Waals surface area contributed by atoms with Crippen LogP contribution in [0.2, 0.25) is 0 Å². The molecule has 0 bridgehead atoms. The average molecular weight is 403 g/mol. The van der Waals surface area contributed by atoms with Crippen LogP contribution in [-0.2, 0) is 0 Å². The summed E-state index contributed by atoms with van der Waals surface area (Å²) in [7, 11) is 1.69. The summed E-state index contributed by atoms with van der Waals surface area (Å²) in [5, 5.41) is 12.5. The predicted octanol–water partition coefficient (Wildman–Crippen LogP) is 2.48. The van der Waals surface area contributed by atoms with Crippen molar-refractivity contribution in [1.82, 2.24) is 9.58 Å². The number of hydrogen-bond acceptors (Lipinski definition) is 5. The van der Waals surface area contributed by atoms with Crippen LogP contribution in [0.1, 0.15) is 34.1 Å². The van der Waals surface area contributed by atoms with Gasteiger partial charge in [0.05, 0.1) is 6.61 Å². The molecule has 0 saturated heterocycles. The SMILES string of the molecule is CN1C(=O)c2c(O)c(=O)ccn2N2[C@@H](c3ccccc3)c3ccccc3OCC[C@H]12. The van der Waals surface area contributed by atoms with Crippen LogP contribution >= 0.6 is 0 Å². The van der Waals surface area contributed by atoms with E-state index in [2.05, 4.69) is 0 Å². The highest BCUT2D eigenvalue weighted by Gasteiger charge is 2.43. The van der Waals surface area contributed by atoms with E-state index in [0.717, 1.165) is 16.9 Å². The molecule has 0 spiro atoms. The molecule has 7 heteroatoms. The third-order valence-electron chi connectivity index (χ3n) is 5.81. The number of aromatic nitrogens is 1. The van der Waals surface area contributed by atoms with Crippen molar-refractivity contribution in [3.05, 3.63) is 93.9 Å². The quantitative estimate of drug-likeness (QED) is 0.676. The van der Waals surface area contributed by atoms with E-state index in [4.69, 9.17) is 4.74 Å². The predicted molar refractivity (Wildman–Crippen MR) is 111 cm³/mol. The number of aromatic hydroxyl groups is 1. The van der Waals surface area contributed by atoms with Gasteiger partial charge in [0.2, 0.25) is 5.43 Å². The summed E-state index contributed by atoms with van der Waals surface area (Å²) < 4.78 is 7.70. The fourth-order valence-electron chi connectivity index (χ4n) is 4.38. The molecule has 7 nitrogen and oxygen atoms in total. The molecule has 2 aliphatic rings. The number of hydrogen-bond donors (Lipinski definition) is 1. The lowest BCUT2D eigenvalue weighted by Gasteiger charge is -2.49. The average Bonchev–Trinajstić information content (AvgIpc) is 2.75. The zero-order chi connectivity index (χ0) is 20.8. The van der Waals surface area contributed by atoms with E-state index in [0.29, 0.717) is 13.0 Å². The summed E-state index contributed by atoms with van der Waals surface area (Å²) in [5.41, 5.74) is 1.35. The highest BCUT2D eigenvalue weighted by atomic mass is 16.5. The Hall–Kier alpha value is -3.74. The Morgan fingerprint density at radius 1 is 1.00 bits per heavy atom. The van der Waals surface area contributed by atoms with Crippen LogP contribution in [0.25, 0.3) is 0 Å². The number of fused-ring (bicyclic) bond motifs is 4. The lowest BCUT2D eigenvalue weighted by molar-refractivity contribution is 0.0573. The summed E-state index contributed by atoms with van der Waals surface area (Å²) in [6.45, 7) is 0.429. The zero-order valence-corrected chi connectivity index (χ0v) is 16.4. The van der Waals surface area contributed by atoms with Crippen molar-refractivity contribution in [2.75, 3.05) is 18.7 Å². The molecule has 152 valence electrons. The van der Waals surface area contributed by atoms with Gasteiger partial charge in [-0.3, -0.25) is 19.3 Å². The fraction of sp³-hybridized carbons (Fsp3) is 0.217. The summed E-state index contributed by atoms with van der Waals surface area (Å²) in [6, 6.07) is 18.8.